The van der Waals surface area contributed by atoms with Gasteiger partial charge in [-0.3, -0.25) is 9.97 Å². The van der Waals surface area contributed by atoms with Crippen molar-refractivity contribution in [1.82, 2.24) is 9.97 Å². The summed E-state index contributed by atoms with van der Waals surface area (Å²) < 4.78 is 64.4. The van der Waals surface area contributed by atoms with Crippen LogP contribution in [0.2, 0.25) is 0 Å². The molecule has 0 N–H and O–H groups in total. The van der Waals surface area contributed by atoms with E-state index < -0.39 is 43.6 Å². The number of aromatic nitrogens is 2. The van der Waals surface area contributed by atoms with Gasteiger partial charge in [0.1, 0.15) is 0 Å². The second kappa shape index (κ2) is 4.63. The normalized spacial score (nSPS) is 29.3. The molecule has 0 radical (unpaired) electrons. The predicted molar refractivity (Wildman–Crippen MR) is 71.7 cm³/mol. The first kappa shape index (κ1) is 7.01. The number of hydrogen-bond donors (Lipinski definition) is 0. The third-order valence-corrected chi connectivity index (χ3v) is 3.36. The highest BCUT2D eigenvalue weighted by Gasteiger charge is 2.52. The van der Waals surface area contributed by atoms with Crippen molar-refractivity contribution in [1.29, 1.82) is 0 Å². The maximum absolute atomic E-state index is 7.90. The summed E-state index contributed by atoms with van der Waals surface area (Å²) in [5.41, 5.74) is -1.27. The summed E-state index contributed by atoms with van der Waals surface area (Å²) in [5.74, 6) is 0. The van der Waals surface area contributed by atoms with E-state index >= 15 is 0 Å². The Labute approximate surface area is 119 Å². The summed E-state index contributed by atoms with van der Waals surface area (Å²) >= 11 is 0. The first-order valence-corrected chi connectivity index (χ1v) is 5.71. The quantitative estimate of drug-likeness (QED) is 0.771. The maximum atomic E-state index is 7.90. The molecule has 0 atom stereocenters. The molecule has 18 heavy (non-hydrogen) atoms. The summed E-state index contributed by atoms with van der Waals surface area (Å²) in [4.78, 5) is 7.93. The molecule has 98 valence electrons. The Morgan fingerprint density at radius 1 is 1.22 bits per heavy atom. The topological polar surface area (TPSA) is 44.2 Å². The molecule has 0 amide bonds. The van der Waals surface area contributed by atoms with Crippen molar-refractivity contribution in [2.45, 2.75) is 58.5 Å². The highest BCUT2D eigenvalue weighted by Crippen LogP contribution is 2.36. The summed E-state index contributed by atoms with van der Waals surface area (Å²) in [6.45, 7) is 4.34. The van der Waals surface area contributed by atoms with Crippen LogP contribution >= 0.6 is 0 Å². The van der Waals surface area contributed by atoms with E-state index in [1.807, 2.05) is 27.7 Å². The molecule has 0 spiro atoms. The van der Waals surface area contributed by atoms with E-state index in [1.54, 1.807) is 0 Å². The van der Waals surface area contributed by atoms with Gasteiger partial charge < -0.3 is 9.31 Å². The first-order chi connectivity index (χ1) is 11.0. The van der Waals surface area contributed by atoms with Crippen molar-refractivity contribution in [3.05, 3.63) is 18.1 Å². The van der Waals surface area contributed by atoms with Crippen LogP contribution in [0.1, 0.15) is 56.2 Å². The molecule has 2 heterocycles. The van der Waals surface area contributed by atoms with Crippen molar-refractivity contribution in [2.24, 2.45) is 0 Å². The molecule has 0 bridgehead atoms. The molecule has 1 aliphatic rings. The van der Waals surface area contributed by atoms with Gasteiger partial charge in [0.05, 0.1) is 22.5 Å². The van der Waals surface area contributed by atoms with Gasteiger partial charge in [-0.2, -0.15) is 0 Å². The van der Waals surface area contributed by atoms with E-state index in [0.29, 0.717) is 5.59 Å². The number of hydrogen-bond acceptors (Lipinski definition) is 4. The molecule has 4 nitrogen and oxygen atoms in total. The highest BCUT2D eigenvalue weighted by molar-refractivity contribution is 6.61. The van der Waals surface area contributed by atoms with Gasteiger partial charge in [-0.25, -0.2) is 0 Å². The Morgan fingerprint density at radius 3 is 2.39 bits per heavy atom. The Morgan fingerprint density at radius 2 is 1.89 bits per heavy atom. The molecule has 5 heteroatoms. The summed E-state index contributed by atoms with van der Waals surface area (Å²) in [6, 6.07) is 0. The van der Waals surface area contributed by atoms with E-state index in [2.05, 4.69) is 9.97 Å². The number of nitrogens with zero attached hydrogens (tertiary/aromatic N) is 2. The Bertz CT molecular complexity index is 631. The van der Waals surface area contributed by atoms with Crippen LogP contribution in [0.5, 0.6) is 0 Å². The Balaban J connectivity index is 2.30. The van der Waals surface area contributed by atoms with Crippen molar-refractivity contribution in [3.8, 4) is 0 Å². The fraction of sp³-hybridized carbons (Fsp3) is 0.692. The third kappa shape index (κ3) is 2.42. The number of aryl methyl sites for hydroxylation is 1. The summed E-state index contributed by atoms with van der Waals surface area (Å²) in [7, 11) is -0.795. The maximum Gasteiger partial charge on any atom is 0.516 e. The van der Waals surface area contributed by atoms with Gasteiger partial charge in [0.15, 0.2) is 0 Å². The van der Waals surface area contributed by atoms with Crippen LogP contribution < -0.4 is 5.59 Å². The van der Waals surface area contributed by atoms with Gasteiger partial charge in [0.2, 0.25) is 0 Å². The fourth-order valence-electron chi connectivity index (χ4n) is 1.55. The van der Waals surface area contributed by atoms with Crippen LogP contribution in [0.15, 0.2) is 12.4 Å². The van der Waals surface area contributed by atoms with Crippen LogP contribution in [0.3, 0.4) is 0 Å². The molecule has 0 aliphatic carbocycles. The summed E-state index contributed by atoms with van der Waals surface area (Å²) in [5, 5.41) is 0. The molecule has 1 fully saturated rings. The van der Waals surface area contributed by atoms with Crippen LogP contribution in [0.25, 0.3) is 0 Å². The molecule has 1 aromatic rings. The minimum atomic E-state index is -3.15. The summed E-state index contributed by atoms with van der Waals surface area (Å²) in [6.07, 6.45) is -3.74. The van der Waals surface area contributed by atoms with Gasteiger partial charge in [-0.05, 0) is 34.1 Å². The zero-order chi connectivity index (χ0) is 19.5. The van der Waals surface area contributed by atoms with E-state index in [0.717, 1.165) is 6.20 Å². The highest BCUT2D eigenvalue weighted by atomic mass is 16.7. The zero-order valence-corrected chi connectivity index (χ0v) is 10.9. The molecular formula is C13H21BN2O2. The van der Waals surface area contributed by atoms with Crippen molar-refractivity contribution in [2.75, 3.05) is 0 Å². The standard InChI is InChI=1S/C13H21BN2O2/c1-6-7-10-8-16-11(9-15-10)14-17-12(2,3)13(4,5)18-14/h8-9H,6-7H2,1-5H3/i1D3,6D2,7D2. The average molecular weight is 255 g/mol. The molecule has 0 unspecified atom stereocenters. The monoisotopic (exact) mass is 255 g/mol. The van der Waals surface area contributed by atoms with Gasteiger partial charge in [-0.1, -0.05) is 13.2 Å². The van der Waals surface area contributed by atoms with Gasteiger partial charge >= 0.3 is 7.12 Å². The molecule has 0 aromatic carbocycles. The lowest BCUT2D eigenvalue weighted by molar-refractivity contribution is 0.00578. The molecule has 1 saturated heterocycles. The molecule has 1 aliphatic heterocycles. The van der Waals surface area contributed by atoms with Crippen LogP contribution in [-0.2, 0) is 15.7 Å². The molecule has 2 rings (SSSR count). The third-order valence-electron chi connectivity index (χ3n) is 3.36. The molecule has 0 saturated carbocycles. The minimum absolute atomic E-state index is 0.299. The van der Waals surface area contributed by atoms with E-state index in [9.17, 15) is 0 Å². The smallest absolute Gasteiger partial charge is 0.398 e. The van der Waals surface area contributed by atoms with E-state index in [4.69, 9.17) is 18.9 Å². The van der Waals surface area contributed by atoms with Crippen LogP contribution in [-0.4, -0.2) is 28.3 Å². The molecular weight excluding hydrogens is 227 g/mol. The average Bonchev–Trinajstić information content (AvgIpc) is 2.66. The lowest BCUT2D eigenvalue weighted by atomic mass is 9.85. The second-order valence-corrected chi connectivity index (χ2v) is 5.16. The van der Waals surface area contributed by atoms with Gasteiger partial charge in [0, 0.05) is 22.0 Å². The fourth-order valence-corrected chi connectivity index (χ4v) is 1.55. The minimum Gasteiger partial charge on any atom is -0.398 e. The Hall–Kier alpha value is -0.935. The zero-order valence-electron chi connectivity index (χ0n) is 17.9. The molecule has 1 aromatic heterocycles. The Kier molecular flexibility index (Phi) is 1.80. The van der Waals surface area contributed by atoms with E-state index in [1.165, 1.54) is 6.20 Å². The van der Waals surface area contributed by atoms with Crippen molar-refractivity contribution >= 4 is 12.7 Å². The second-order valence-electron chi connectivity index (χ2n) is 5.16. The number of rotatable bonds is 3. The van der Waals surface area contributed by atoms with Crippen LogP contribution in [0, 0.1) is 0 Å². The van der Waals surface area contributed by atoms with Crippen molar-refractivity contribution in [3.63, 3.8) is 0 Å². The first-order valence-electron chi connectivity index (χ1n) is 9.21. The largest absolute Gasteiger partial charge is 0.516 e. The lowest BCUT2D eigenvalue weighted by Gasteiger charge is -2.32. The van der Waals surface area contributed by atoms with E-state index in [-0.39, 0.29) is 0 Å². The van der Waals surface area contributed by atoms with Crippen molar-refractivity contribution < 1.29 is 18.9 Å². The van der Waals surface area contributed by atoms with Gasteiger partial charge in [-0.15, -0.1) is 0 Å². The van der Waals surface area contributed by atoms with Crippen LogP contribution in [0.4, 0.5) is 0 Å². The SMILES string of the molecule is [2H]C([2H])([2H])C([2H])([2H])C([2H])([2H])c1cnc(B2OC(C)(C)C(C)(C)O2)cn1. The predicted octanol–water partition coefficient (Wildman–Crippen LogP) is 1.73. The van der Waals surface area contributed by atoms with Gasteiger partial charge in [0.25, 0.3) is 0 Å². The lowest BCUT2D eigenvalue weighted by Crippen LogP contribution is -2.41.